The molecular weight excluding hydrogens is 230 g/mol. The summed E-state index contributed by atoms with van der Waals surface area (Å²) in [5.74, 6) is -0.225. The lowest BCUT2D eigenvalue weighted by molar-refractivity contribution is -0.122. The van der Waals surface area contributed by atoms with Gasteiger partial charge in [-0.25, -0.2) is 0 Å². The topological polar surface area (TPSA) is 75.4 Å². The lowest BCUT2D eigenvalue weighted by Crippen LogP contribution is -2.42. The number of rotatable bonds is 3. The van der Waals surface area contributed by atoms with Gasteiger partial charge in [-0.15, -0.1) is 0 Å². The molecule has 1 aromatic carbocycles. The van der Waals surface area contributed by atoms with Crippen LogP contribution in [0, 0.1) is 0 Å². The highest BCUT2D eigenvalue weighted by Crippen LogP contribution is 2.29. The molecule has 0 saturated carbocycles. The maximum Gasteiger partial charge on any atom is 0.244 e. The molecule has 2 rings (SSSR count). The van der Waals surface area contributed by atoms with Gasteiger partial charge < -0.3 is 16.0 Å². The minimum Gasteiger partial charge on any atom is -0.328 e. The van der Waals surface area contributed by atoms with Gasteiger partial charge in [0.15, 0.2) is 0 Å². The number of amides is 2. The van der Waals surface area contributed by atoms with Gasteiger partial charge in [0.2, 0.25) is 11.8 Å². The van der Waals surface area contributed by atoms with Gasteiger partial charge in [-0.2, -0.15) is 0 Å². The van der Waals surface area contributed by atoms with Crippen LogP contribution in [0.1, 0.15) is 19.8 Å². The van der Waals surface area contributed by atoms with Crippen molar-refractivity contribution in [3.63, 3.8) is 0 Å². The molecule has 5 nitrogen and oxygen atoms in total. The van der Waals surface area contributed by atoms with Gasteiger partial charge >= 0.3 is 0 Å². The summed E-state index contributed by atoms with van der Waals surface area (Å²) in [5, 5.41) is 2.75. The second kappa shape index (κ2) is 5.18. The zero-order chi connectivity index (χ0) is 13.1. The Kier molecular flexibility index (Phi) is 3.62. The SMILES string of the molecule is CC(N)CCC(=O)N1CC(=O)Nc2ccccc21. The largest absolute Gasteiger partial charge is 0.328 e. The monoisotopic (exact) mass is 247 g/mol. The Morgan fingerprint density at radius 2 is 2.22 bits per heavy atom. The van der Waals surface area contributed by atoms with Crippen LogP contribution in [0.2, 0.25) is 0 Å². The predicted octanol–water partition coefficient (Wildman–Crippen LogP) is 1.10. The number of nitrogens with one attached hydrogen (secondary N) is 1. The Morgan fingerprint density at radius 1 is 1.50 bits per heavy atom. The number of hydrogen-bond donors (Lipinski definition) is 2. The molecule has 1 atom stereocenters. The quantitative estimate of drug-likeness (QED) is 0.839. The third kappa shape index (κ3) is 2.68. The molecule has 1 unspecified atom stereocenters. The number of nitrogens with zero attached hydrogens (tertiary/aromatic N) is 1. The summed E-state index contributed by atoms with van der Waals surface area (Å²) < 4.78 is 0. The Labute approximate surface area is 106 Å². The highest BCUT2D eigenvalue weighted by Gasteiger charge is 2.26. The molecule has 96 valence electrons. The van der Waals surface area contributed by atoms with E-state index in [4.69, 9.17) is 5.73 Å². The van der Waals surface area contributed by atoms with Gasteiger partial charge in [0.1, 0.15) is 6.54 Å². The summed E-state index contributed by atoms with van der Waals surface area (Å²) in [7, 11) is 0. The van der Waals surface area contributed by atoms with Crippen LogP contribution in [0.4, 0.5) is 11.4 Å². The molecule has 1 heterocycles. The molecule has 0 aromatic heterocycles. The van der Waals surface area contributed by atoms with Crippen molar-refractivity contribution < 1.29 is 9.59 Å². The molecule has 3 N–H and O–H groups in total. The van der Waals surface area contributed by atoms with Crippen molar-refractivity contribution in [3.05, 3.63) is 24.3 Å². The molecule has 2 amide bonds. The second-order valence-corrected chi connectivity index (χ2v) is 4.56. The molecule has 0 bridgehead atoms. The molecule has 0 radical (unpaired) electrons. The molecule has 0 fully saturated rings. The third-order valence-electron chi connectivity index (χ3n) is 2.89. The molecule has 0 saturated heterocycles. The molecular formula is C13H17N3O2. The number of carbonyl (C=O) groups excluding carboxylic acids is 2. The van der Waals surface area contributed by atoms with Crippen LogP contribution in [0.3, 0.4) is 0 Å². The van der Waals surface area contributed by atoms with Crippen molar-refractivity contribution >= 4 is 23.2 Å². The van der Waals surface area contributed by atoms with E-state index in [0.717, 1.165) is 5.69 Å². The first-order chi connectivity index (χ1) is 8.58. The highest BCUT2D eigenvalue weighted by atomic mass is 16.2. The molecule has 18 heavy (non-hydrogen) atoms. The summed E-state index contributed by atoms with van der Waals surface area (Å²) in [5.41, 5.74) is 7.08. The first-order valence-electron chi connectivity index (χ1n) is 6.03. The number of fused-ring (bicyclic) bond motifs is 1. The van der Waals surface area contributed by atoms with E-state index in [9.17, 15) is 9.59 Å². The fourth-order valence-corrected chi connectivity index (χ4v) is 1.94. The number of hydrogen-bond acceptors (Lipinski definition) is 3. The third-order valence-corrected chi connectivity index (χ3v) is 2.89. The maximum absolute atomic E-state index is 12.1. The molecule has 1 aromatic rings. The Balaban J connectivity index is 2.18. The van der Waals surface area contributed by atoms with E-state index in [0.29, 0.717) is 18.5 Å². The Hall–Kier alpha value is -1.88. The van der Waals surface area contributed by atoms with Crippen molar-refractivity contribution in [2.24, 2.45) is 5.73 Å². The summed E-state index contributed by atoms with van der Waals surface area (Å²) in [6.45, 7) is 1.94. The van der Waals surface area contributed by atoms with Crippen molar-refractivity contribution in [2.45, 2.75) is 25.8 Å². The zero-order valence-corrected chi connectivity index (χ0v) is 10.3. The van der Waals surface area contributed by atoms with Gasteiger partial charge in [-0.1, -0.05) is 12.1 Å². The van der Waals surface area contributed by atoms with E-state index in [1.54, 1.807) is 6.07 Å². The molecule has 0 spiro atoms. The molecule has 1 aliphatic rings. The van der Waals surface area contributed by atoms with E-state index < -0.39 is 0 Å². The van der Waals surface area contributed by atoms with Crippen LogP contribution in [0.15, 0.2) is 24.3 Å². The normalized spacial score (nSPS) is 15.9. The van der Waals surface area contributed by atoms with Crippen LogP contribution in [0.5, 0.6) is 0 Å². The lowest BCUT2D eigenvalue weighted by Gasteiger charge is -2.29. The summed E-state index contributed by atoms with van der Waals surface area (Å²) in [4.78, 5) is 25.2. The van der Waals surface area contributed by atoms with Crippen molar-refractivity contribution in [1.29, 1.82) is 0 Å². The average molecular weight is 247 g/mol. The van der Waals surface area contributed by atoms with E-state index >= 15 is 0 Å². The van der Waals surface area contributed by atoms with Crippen LogP contribution in [0.25, 0.3) is 0 Å². The van der Waals surface area contributed by atoms with Gasteiger partial charge in [0, 0.05) is 12.5 Å². The first-order valence-corrected chi connectivity index (χ1v) is 6.03. The minimum atomic E-state index is -0.164. The highest BCUT2D eigenvalue weighted by molar-refractivity contribution is 6.09. The molecule has 1 aliphatic heterocycles. The fourth-order valence-electron chi connectivity index (χ4n) is 1.94. The predicted molar refractivity (Wildman–Crippen MR) is 70.3 cm³/mol. The number of anilines is 2. The van der Waals surface area contributed by atoms with Crippen LogP contribution < -0.4 is 16.0 Å². The van der Waals surface area contributed by atoms with E-state index in [1.165, 1.54) is 4.90 Å². The van der Waals surface area contributed by atoms with E-state index in [2.05, 4.69) is 5.32 Å². The van der Waals surface area contributed by atoms with E-state index in [1.807, 2.05) is 25.1 Å². The summed E-state index contributed by atoms with van der Waals surface area (Å²) in [6.07, 6.45) is 0.985. The first kappa shape index (κ1) is 12.6. The van der Waals surface area contributed by atoms with Gasteiger partial charge in [-0.3, -0.25) is 9.59 Å². The van der Waals surface area contributed by atoms with Crippen molar-refractivity contribution in [2.75, 3.05) is 16.8 Å². The maximum atomic E-state index is 12.1. The number of para-hydroxylation sites is 2. The summed E-state index contributed by atoms with van der Waals surface area (Å²) >= 11 is 0. The second-order valence-electron chi connectivity index (χ2n) is 4.56. The van der Waals surface area contributed by atoms with Gasteiger partial charge in [0.25, 0.3) is 0 Å². The Morgan fingerprint density at radius 3 is 2.94 bits per heavy atom. The van der Waals surface area contributed by atoms with Crippen LogP contribution in [-0.2, 0) is 9.59 Å². The van der Waals surface area contributed by atoms with Gasteiger partial charge in [0.05, 0.1) is 11.4 Å². The Bertz CT molecular complexity index is 471. The van der Waals surface area contributed by atoms with Crippen LogP contribution in [-0.4, -0.2) is 24.4 Å². The average Bonchev–Trinajstić information content (AvgIpc) is 2.34. The lowest BCUT2D eigenvalue weighted by atomic mass is 10.1. The number of benzene rings is 1. The fraction of sp³-hybridized carbons (Fsp3) is 0.385. The molecule has 0 aliphatic carbocycles. The van der Waals surface area contributed by atoms with E-state index in [-0.39, 0.29) is 24.4 Å². The standard InChI is InChI=1S/C13H17N3O2/c1-9(14)6-7-13(18)16-8-12(17)15-10-4-2-3-5-11(10)16/h2-5,9H,6-8,14H2,1H3,(H,15,17). The van der Waals surface area contributed by atoms with Crippen molar-refractivity contribution in [3.8, 4) is 0 Å². The number of nitrogens with two attached hydrogens (primary N) is 1. The van der Waals surface area contributed by atoms with Gasteiger partial charge in [-0.05, 0) is 25.5 Å². The molecule has 5 heteroatoms. The minimum absolute atomic E-state index is 0.0113. The number of carbonyl (C=O) groups is 2. The smallest absolute Gasteiger partial charge is 0.244 e. The summed E-state index contributed by atoms with van der Waals surface area (Å²) in [6, 6.07) is 7.29. The van der Waals surface area contributed by atoms with Crippen LogP contribution >= 0.6 is 0 Å². The van der Waals surface area contributed by atoms with Crippen molar-refractivity contribution in [1.82, 2.24) is 0 Å². The zero-order valence-electron chi connectivity index (χ0n) is 10.3.